The average Bonchev–Trinajstić information content (AvgIpc) is 3.30. The second-order valence-electron chi connectivity index (χ2n) is 6.01. The number of aromatic hydroxyl groups is 1. The Hall–Kier alpha value is -2.96. The van der Waals surface area contributed by atoms with Crippen LogP contribution in [-0.4, -0.2) is 21.1 Å². The molecule has 1 fully saturated rings. The summed E-state index contributed by atoms with van der Waals surface area (Å²) in [6, 6.07) is 17.7. The van der Waals surface area contributed by atoms with Crippen LogP contribution in [0.25, 0.3) is 6.08 Å². The Bertz CT molecular complexity index is 1060. The van der Waals surface area contributed by atoms with Crippen LogP contribution in [0.5, 0.6) is 5.75 Å². The number of hydrogen-bond acceptors (Lipinski definition) is 5. The molecule has 0 spiro atoms. The molecule has 0 atom stereocenters. The monoisotopic (exact) mass is 410 g/mol. The average molecular weight is 411 g/mol. The van der Waals surface area contributed by atoms with Gasteiger partial charge in [-0.3, -0.25) is 9.69 Å². The highest BCUT2D eigenvalue weighted by molar-refractivity contribution is 8.18. The van der Waals surface area contributed by atoms with Crippen LogP contribution < -0.4 is 0 Å². The van der Waals surface area contributed by atoms with Gasteiger partial charge in [-0.15, -0.1) is 0 Å². The van der Waals surface area contributed by atoms with Gasteiger partial charge in [-0.1, -0.05) is 29.8 Å². The zero-order valence-corrected chi connectivity index (χ0v) is 16.2. The molecule has 1 saturated heterocycles. The first-order valence-corrected chi connectivity index (χ1v) is 9.65. The Labute approximate surface area is 171 Å². The first-order chi connectivity index (χ1) is 13.6. The molecule has 0 saturated carbocycles. The summed E-state index contributed by atoms with van der Waals surface area (Å²) in [5, 5.41) is 11.1. The number of rotatable bonds is 4. The van der Waals surface area contributed by atoms with Crippen molar-refractivity contribution in [2.24, 2.45) is 4.99 Å². The fraction of sp³-hybridized carbons (Fsp3) is 0.0476. The standard InChI is InChI=1S/C21H15ClN2O3S/c22-15-8-9-18(25)14(11-15)12-19-20(26)24(13-17-7-4-10-27-17)21(28-19)23-16-5-2-1-3-6-16/h1-12,25H,13H2. The molecule has 2 heterocycles. The fourth-order valence-corrected chi connectivity index (χ4v) is 3.85. The van der Waals surface area contributed by atoms with Crippen LogP contribution in [0, 0.1) is 0 Å². The number of carbonyl (C=O) groups excluding carboxylic acids is 1. The molecule has 1 aromatic heterocycles. The van der Waals surface area contributed by atoms with E-state index in [4.69, 9.17) is 16.0 Å². The Kier molecular flexibility index (Phi) is 5.23. The molecule has 1 aliphatic rings. The summed E-state index contributed by atoms with van der Waals surface area (Å²) in [4.78, 5) is 19.7. The van der Waals surface area contributed by atoms with E-state index in [1.54, 1.807) is 35.4 Å². The van der Waals surface area contributed by atoms with E-state index in [0.29, 0.717) is 26.4 Å². The second kappa shape index (κ2) is 7.96. The number of furan rings is 1. The number of para-hydroxylation sites is 1. The van der Waals surface area contributed by atoms with Gasteiger partial charge in [0.05, 0.1) is 23.4 Å². The van der Waals surface area contributed by atoms with Gasteiger partial charge in [0.2, 0.25) is 0 Å². The summed E-state index contributed by atoms with van der Waals surface area (Å²) in [6.45, 7) is 0.267. The van der Waals surface area contributed by atoms with E-state index in [-0.39, 0.29) is 18.2 Å². The molecule has 1 N–H and O–H groups in total. The Balaban J connectivity index is 1.72. The van der Waals surface area contributed by atoms with E-state index < -0.39 is 0 Å². The number of phenols is 1. The summed E-state index contributed by atoms with van der Waals surface area (Å²) in [5.74, 6) is 0.494. The highest BCUT2D eigenvalue weighted by atomic mass is 35.5. The van der Waals surface area contributed by atoms with Crippen LogP contribution in [0.4, 0.5) is 5.69 Å². The van der Waals surface area contributed by atoms with E-state index in [1.807, 2.05) is 36.4 Å². The van der Waals surface area contributed by atoms with Gasteiger partial charge in [0.25, 0.3) is 5.91 Å². The summed E-state index contributed by atoms with van der Waals surface area (Å²) < 4.78 is 5.40. The van der Waals surface area contributed by atoms with Crippen LogP contribution in [0.3, 0.4) is 0 Å². The van der Waals surface area contributed by atoms with Crippen molar-refractivity contribution in [3.63, 3.8) is 0 Å². The highest BCUT2D eigenvalue weighted by Crippen LogP contribution is 2.36. The van der Waals surface area contributed by atoms with Crippen molar-refractivity contribution in [2.75, 3.05) is 0 Å². The van der Waals surface area contributed by atoms with Gasteiger partial charge in [0, 0.05) is 10.6 Å². The van der Waals surface area contributed by atoms with Crippen LogP contribution >= 0.6 is 23.4 Å². The third-order valence-electron chi connectivity index (χ3n) is 4.04. The van der Waals surface area contributed by atoms with Crippen LogP contribution in [-0.2, 0) is 11.3 Å². The quantitative estimate of drug-likeness (QED) is 0.581. The molecule has 0 bridgehead atoms. The van der Waals surface area contributed by atoms with Gasteiger partial charge in [-0.2, -0.15) is 0 Å². The number of aliphatic imine (C=N–C) groups is 1. The third kappa shape index (κ3) is 3.98. The molecular weight excluding hydrogens is 396 g/mol. The number of benzene rings is 2. The number of amidine groups is 1. The first kappa shape index (κ1) is 18.4. The third-order valence-corrected chi connectivity index (χ3v) is 5.28. The molecule has 1 aliphatic heterocycles. The highest BCUT2D eigenvalue weighted by Gasteiger charge is 2.34. The van der Waals surface area contributed by atoms with Crippen LogP contribution in [0.15, 0.2) is 81.2 Å². The number of phenolic OH excluding ortho intramolecular Hbond substituents is 1. The number of amides is 1. The molecule has 28 heavy (non-hydrogen) atoms. The molecule has 5 nitrogen and oxygen atoms in total. The van der Waals surface area contributed by atoms with E-state index in [1.165, 1.54) is 17.8 Å². The van der Waals surface area contributed by atoms with Gasteiger partial charge in [0.1, 0.15) is 11.5 Å². The summed E-state index contributed by atoms with van der Waals surface area (Å²) in [7, 11) is 0. The maximum Gasteiger partial charge on any atom is 0.267 e. The smallest absolute Gasteiger partial charge is 0.267 e. The number of nitrogens with zero attached hydrogens (tertiary/aromatic N) is 2. The molecular formula is C21H15ClN2O3S. The van der Waals surface area contributed by atoms with Gasteiger partial charge in [0.15, 0.2) is 5.17 Å². The zero-order valence-electron chi connectivity index (χ0n) is 14.6. The SMILES string of the molecule is O=C1C(=Cc2cc(Cl)ccc2O)SC(=Nc2ccccc2)N1Cc1ccco1. The Morgan fingerprint density at radius 3 is 2.71 bits per heavy atom. The van der Waals surface area contributed by atoms with E-state index in [2.05, 4.69) is 4.99 Å². The molecule has 0 unspecified atom stereocenters. The molecule has 0 radical (unpaired) electrons. The summed E-state index contributed by atoms with van der Waals surface area (Å²) in [5.41, 5.74) is 1.22. The predicted octanol–water partition coefficient (Wildman–Crippen LogP) is 5.44. The summed E-state index contributed by atoms with van der Waals surface area (Å²) in [6.07, 6.45) is 3.19. The minimum absolute atomic E-state index is 0.0522. The second-order valence-corrected chi connectivity index (χ2v) is 7.46. The summed E-state index contributed by atoms with van der Waals surface area (Å²) >= 11 is 7.26. The molecule has 2 aromatic carbocycles. The van der Waals surface area contributed by atoms with Crippen molar-refractivity contribution in [1.82, 2.24) is 4.90 Å². The maximum absolute atomic E-state index is 13.0. The number of hydrogen-bond donors (Lipinski definition) is 1. The van der Waals surface area contributed by atoms with Gasteiger partial charge >= 0.3 is 0 Å². The molecule has 1 amide bonds. The van der Waals surface area contributed by atoms with Crippen molar-refractivity contribution in [3.8, 4) is 5.75 Å². The van der Waals surface area contributed by atoms with Crippen molar-refractivity contribution >= 4 is 46.2 Å². The van der Waals surface area contributed by atoms with Crippen molar-refractivity contribution in [3.05, 3.63) is 88.2 Å². The zero-order chi connectivity index (χ0) is 19.5. The fourth-order valence-electron chi connectivity index (χ4n) is 2.68. The lowest BCUT2D eigenvalue weighted by Crippen LogP contribution is -2.28. The predicted molar refractivity (Wildman–Crippen MR) is 111 cm³/mol. The minimum Gasteiger partial charge on any atom is -0.507 e. The first-order valence-electron chi connectivity index (χ1n) is 8.46. The lowest BCUT2D eigenvalue weighted by atomic mass is 10.2. The van der Waals surface area contributed by atoms with Gasteiger partial charge in [-0.05, 0) is 60.3 Å². The Morgan fingerprint density at radius 1 is 1.14 bits per heavy atom. The van der Waals surface area contributed by atoms with Crippen LogP contribution in [0.2, 0.25) is 5.02 Å². The van der Waals surface area contributed by atoms with E-state index >= 15 is 0 Å². The molecule has 0 aliphatic carbocycles. The van der Waals surface area contributed by atoms with Gasteiger partial charge < -0.3 is 9.52 Å². The number of halogens is 1. The van der Waals surface area contributed by atoms with E-state index in [0.717, 1.165) is 5.69 Å². The van der Waals surface area contributed by atoms with Crippen molar-refractivity contribution in [2.45, 2.75) is 6.54 Å². The molecule has 4 rings (SSSR count). The number of carbonyl (C=O) groups is 1. The maximum atomic E-state index is 13.0. The van der Waals surface area contributed by atoms with Crippen molar-refractivity contribution in [1.29, 1.82) is 0 Å². The Morgan fingerprint density at radius 2 is 1.96 bits per heavy atom. The molecule has 7 heteroatoms. The lowest BCUT2D eigenvalue weighted by molar-refractivity contribution is -0.122. The molecule has 3 aromatic rings. The van der Waals surface area contributed by atoms with Crippen LogP contribution in [0.1, 0.15) is 11.3 Å². The molecule has 140 valence electrons. The van der Waals surface area contributed by atoms with E-state index in [9.17, 15) is 9.90 Å². The topological polar surface area (TPSA) is 66.0 Å². The largest absolute Gasteiger partial charge is 0.507 e. The normalized spacial score (nSPS) is 17.0. The minimum atomic E-state index is -0.213. The number of thioether (sulfide) groups is 1. The van der Waals surface area contributed by atoms with Gasteiger partial charge in [-0.25, -0.2) is 4.99 Å². The lowest BCUT2D eigenvalue weighted by Gasteiger charge is -2.13. The van der Waals surface area contributed by atoms with Crippen molar-refractivity contribution < 1.29 is 14.3 Å².